The van der Waals surface area contributed by atoms with Crippen molar-refractivity contribution in [2.75, 3.05) is 6.61 Å². The second-order valence-electron chi connectivity index (χ2n) is 8.03. The highest BCUT2D eigenvalue weighted by Crippen LogP contribution is 2.54. The summed E-state index contributed by atoms with van der Waals surface area (Å²) in [7, 11) is 0. The zero-order valence-corrected chi connectivity index (χ0v) is 18.0. The van der Waals surface area contributed by atoms with E-state index in [4.69, 9.17) is 21.1 Å². The lowest BCUT2D eigenvalue weighted by atomic mass is 9.72. The molecule has 0 N–H and O–H groups in total. The predicted octanol–water partition coefficient (Wildman–Crippen LogP) is 5.64. The first-order valence-corrected chi connectivity index (χ1v) is 10.8. The van der Waals surface area contributed by atoms with Gasteiger partial charge in [0.15, 0.2) is 5.78 Å². The number of benzene rings is 1. The maximum atomic E-state index is 13.3. The minimum atomic E-state index is -0.752. The summed E-state index contributed by atoms with van der Waals surface area (Å²) in [4.78, 5) is 25.5. The number of halogens is 1. The summed E-state index contributed by atoms with van der Waals surface area (Å²) in [6, 6.07) is 5.76. The number of aromatic nitrogens is 2. The van der Waals surface area contributed by atoms with Gasteiger partial charge in [-0.2, -0.15) is 5.10 Å². The molecule has 0 aliphatic heterocycles. The Kier molecular flexibility index (Phi) is 5.69. The van der Waals surface area contributed by atoms with Crippen LogP contribution in [-0.2, 0) is 14.3 Å². The minimum absolute atomic E-state index is 0.00921. The number of Topliss-reactive ketones (excluding diaryl/α,β-unsaturated/α-hetero) is 1. The van der Waals surface area contributed by atoms with Crippen LogP contribution < -0.4 is 0 Å². The smallest absolute Gasteiger partial charge is 0.434 e. The van der Waals surface area contributed by atoms with Crippen molar-refractivity contribution >= 4 is 29.1 Å². The molecule has 0 amide bonds. The van der Waals surface area contributed by atoms with E-state index < -0.39 is 11.6 Å². The van der Waals surface area contributed by atoms with Crippen molar-refractivity contribution in [1.82, 2.24) is 9.78 Å². The Balaban J connectivity index is 1.85. The summed E-state index contributed by atoms with van der Waals surface area (Å²) in [6.07, 6.45) is 7.72. The number of ether oxygens (including phenoxy) is 2. The molecule has 1 heterocycles. The van der Waals surface area contributed by atoms with E-state index in [2.05, 4.69) is 5.10 Å². The highest BCUT2D eigenvalue weighted by atomic mass is 35.5. The monoisotopic (exact) mass is 428 g/mol. The minimum Gasteiger partial charge on any atom is -0.434 e. The Labute approximate surface area is 180 Å². The molecular formula is C23H25ClN2O4. The van der Waals surface area contributed by atoms with Gasteiger partial charge < -0.3 is 9.47 Å². The molecule has 0 saturated heterocycles. The number of ketones is 1. The van der Waals surface area contributed by atoms with E-state index in [0.29, 0.717) is 22.8 Å². The van der Waals surface area contributed by atoms with Gasteiger partial charge in [0.2, 0.25) is 0 Å². The maximum Gasteiger partial charge on any atom is 0.513 e. The standard InChI is InChI=1S/C23H25ClN2O4/c1-3-29-22(28)30-21-20(19(27)12-23(21)9-5-4-6-10-23)18-11-17(8-7-15(18)2)26-14-16(24)13-25-26/h7-8,11,13-14H,3-6,9-10,12H2,1-2H3. The van der Waals surface area contributed by atoms with E-state index in [1.54, 1.807) is 24.0 Å². The molecule has 1 fully saturated rings. The highest BCUT2D eigenvalue weighted by Gasteiger charge is 2.49. The topological polar surface area (TPSA) is 70.4 Å². The molecule has 1 saturated carbocycles. The SMILES string of the molecule is CCOC(=O)OC1=C(c2cc(-n3cc(Cl)cn3)ccc2C)C(=O)CC12CCCCC2. The number of hydrogen-bond acceptors (Lipinski definition) is 5. The molecular weight excluding hydrogens is 404 g/mol. The lowest BCUT2D eigenvalue weighted by Gasteiger charge is -2.34. The summed E-state index contributed by atoms with van der Waals surface area (Å²) in [5.41, 5.74) is 2.53. The first-order chi connectivity index (χ1) is 14.4. The maximum absolute atomic E-state index is 13.3. The molecule has 7 heteroatoms. The fourth-order valence-corrected chi connectivity index (χ4v) is 4.76. The van der Waals surface area contributed by atoms with Crippen molar-refractivity contribution in [1.29, 1.82) is 0 Å². The van der Waals surface area contributed by atoms with Crippen LogP contribution in [0.15, 0.2) is 36.4 Å². The number of carbonyl (C=O) groups excluding carboxylic acids is 2. The van der Waals surface area contributed by atoms with Crippen molar-refractivity contribution in [3.05, 3.63) is 52.5 Å². The van der Waals surface area contributed by atoms with Crippen LogP contribution in [0.25, 0.3) is 11.3 Å². The molecule has 30 heavy (non-hydrogen) atoms. The van der Waals surface area contributed by atoms with Gasteiger partial charge in [-0.1, -0.05) is 36.9 Å². The van der Waals surface area contributed by atoms with E-state index in [1.165, 1.54) is 0 Å². The number of hydrogen-bond donors (Lipinski definition) is 0. The lowest BCUT2D eigenvalue weighted by molar-refractivity contribution is -0.114. The van der Waals surface area contributed by atoms with Crippen molar-refractivity contribution < 1.29 is 19.1 Å². The zero-order chi connectivity index (χ0) is 21.3. The summed E-state index contributed by atoms with van der Waals surface area (Å²) in [6.45, 7) is 3.90. The van der Waals surface area contributed by atoms with Gasteiger partial charge in [-0.25, -0.2) is 9.48 Å². The Hall–Kier alpha value is -2.60. The van der Waals surface area contributed by atoms with Crippen LogP contribution in [0.3, 0.4) is 0 Å². The Morgan fingerprint density at radius 3 is 2.70 bits per heavy atom. The summed E-state index contributed by atoms with van der Waals surface area (Å²) >= 11 is 6.02. The van der Waals surface area contributed by atoms with Gasteiger partial charge in [-0.15, -0.1) is 0 Å². The third kappa shape index (κ3) is 3.76. The van der Waals surface area contributed by atoms with Gasteiger partial charge in [-0.05, 0) is 49.9 Å². The molecule has 0 atom stereocenters. The molecule has 2 aromatic rings. The van der Waals surface area contributed by atoms with Gasteiger partial charge in [0.05, 0.1) is 29.1 Å². The molecule has 6 nitrogen and oxygen atoms in total. The molecule has 1 aromatic heterocycles. The Morgan fingerprint density at radius 2 is 2.03 bits per heavy atom. The van der Waals surface area contributed by atoms with Crippen LogP contribution >= 0.6 is 11.6 Å². The largest absolute Gasteiger partial charge is 0.513 e. The van der Waals surface area contributed by atoms with Crippen LogP contribution in [0.2, 0.25) is 5.02 Å². The van der Waals surface area contributed by atoms with Crippen molar-refractivity contribution in [2.45, 2.75) is 52.4 Å². The number of carbonyl (C=O) groups is 2. The molecule has 4 rings (SSSR count). The molecule has 1 aromatic carbocycles. The molecule has 2 aliphatic rings. The summed E-state index contributed by atoms with van der Waals surface area (Å²) < 4.78 is 12.4. The van der Waals surface area contributed by atoms with Crippen LogP contribution in [-0.4, -0.2) is 28.3 Å². The fourth-order valence-electron chi connectivity index (χ4n) is 4.63. The summed E-state index contributed by atoms with van der Waals surface area (Å²) in [5.74, 6) is 0.486. The highest BCUT2D eigenvalue weighted by molar-refractivity contribution is 6.30. The van der Waals surface area contributed by atoms with Crippen molar-refractivity contribution in [2.24, 2.45) is 5.41 Å². The van der Waals surface area contributed by atoms with E-state index in [1.807, 2.05) is 25.1 Å². The number of rotatable bonds is 4. The van der Waals surface area contributed by atoms with Gasteiger partial charge in [0.1, 0.15) is 5.76 Å². The normalized spacial score (nSPS) is 18.2. The molecule has 2 aliphatic carbocycles. The van der Waals surface area contributed by atoms with Gasteiger partial charge in [-0.3, -0.25) is 4.79 Å². The molecule has 0 radical (unpaired) electrons. The lowest BCUT2D eigenvalue weighted by Crippen LogP contribution is -2.27. The van der Waals surface area contributed by atoms with Crippen LogP contribution in [0.4, 0.5) is 4.79 Å². The quantitative estimate of drug-likeness (QED) is 0.589. The van der Waals surface area contributed by atoms with E-state index in [-0.39, 0.29) is 12.4 Å². The molecule has 0 bridgehead atoms. The second-order valence-corrected chi connectivity index (χ2v) is 8.47. The second kappa shape index (κ2) is 8.26. The van der Waals surface area contributed by atoms with Gasteiger partial charge in [0.25, 0.3) is 0 Å². The average Bonchev–Trinajstić information content (AvgIpc) is 3.25. The summed E-state index contributed by atoms with van der Waals surface area (Å²) in [5, 5.41) is 4.78. The van der Waals surface area contributed by atoms with Gasteiger partial charge >= 0.3 is 6.16 Å². The Bertz CT molecular complexity index is 1020. The third-order valence-corrected chi connectivity index (χ3v) is 6.25. The fraction of sp³-hybridized carbons (Fsp3) is 0.435. The van der Waals surface area contributed by atoms with Crippen molar-refractivity contribution in [3.63, 3.8) is 0 Å². The van der Waals surface area contributed by atoms with Crippen LogP contribution in [0, 0.1) is 12.3 Å². The first kappa shape index (κ1) is 20.7. The van der Waals surface area contributed by atoms with E-state index >= 15 is 0 Å². The zero-order valence-electron chi connectivity index (χ0n) is 17.2. The first-order valence-electron chi connectivity index (χ1n) is 10.4. The predicted molar refractivity (Wildman–Crippen MR) is 113 cm³/mol. The number of allylic oxidation sites excluding steroid dienone is 2. The van der Waals surface area contributed by atoms with E-state index in [0.717, 1.165) is 48.9 Å². The van der Waals surface area contributed by atoms with Crippen molar-refractivity contribution in [3.8, 4) is 5.69 Å². The Morgan fingerprint density at radius 1 is 1.27 bits per heavy atom. The molecule has 158 valence electrons. The van der Waals surface area contributed by atoms with Crippen LogP contribution in [0.5, 0.6) is 0 Å². The van der Waals surface area contributed by atoms with E-state index in [9.17, 15) is 9.59 Å². The van der Waals surface area contributed by atoms with Gasteiger partial charge in [0, 0.05) is 18.0 Å². The third-order valence-electron chi connectivity index (χ3n) is 6.05. The number of aryl methyl sites for hydroxylation is 1. The van der Waals surface area contributed by atoms with Crippen LogP contribution in [0.1, 0.15) is 56.6 Å². The molecule has 0 unspecified atom stereocenters. The number of nitrogens with zero attached hydrogens (tertiary/aromatic N) is 2. The average molecular weight is 429 g/mol. The molecule has 1 spiro atoms.